The Hall–Kier alpha value is -1.07. The van der Waals surface area contributed by atoms with Gasteiger partial charge in [-0.2, -0.15) is 0 Å². The van der Waals surface area contributed by atoms with Crippen LogP contribution in [0.5, 0.6) is 5.88 Å². The van der Waals surface area contributed by atoms with Crippen LogP contribution < -0.4 is 10.1 Å². The molecule has 0 saturated carbocycles. The topological polar surface area (TPSA) is 34.1 Å². The number of nitrogens with zero attached hydrogens (tertiary/aromatic N) is 1. The van der Waals surface area contributed by atoms with Gasteiger partial charge in [0, 0.05) is 27.3 Å². The van der Waals surface area contributed by atoms with Gasteiger partial charge < -0.3 is 10.1 Å². The van der Waals surface area contributed by atoms with Gasteiger partial charge in [-0.25, -0.2) is 4.98 Å². The Labute approximate surface area is 129 Å². The molecule has 0 aliphatic rings. The van der Waals surface area contributed by atoms with Gasteiger partial charge in [-0.15, -0.1) is 0 Å². The molecule has 1 aromatic heterocycles. The Morgan fingerprint density at radius 2 is 1.95 bits per heavy atom. The maximum absolute atomic E-state index is 5.24. The summed E-state index contributed by atoms with van der Waals surface area (Å²) in [4.78, 5) is 4.18. The van der Waals surface area contributed by atoms with Crippen LogP contribution in [0.1, 0.15) is 11.1 Å². The Kier molecular flexibility index (Phi) is 4.82. The second-order valence-electron chi connectivity index (χ2n) is 4.13. The minimum atomic E-state index is 0.648. The van der Waals surface area contributed by atoms with E-state index >= 15 is 0 Å². The van der Waals surface area contributed by atoms with Crippen molar-refractivity contribution in [3.63, 3.8) is 0 Å². The van der Waals surface area contributed by atoms with Crippen molar-refractivity contribution in [1.29, 1.82) is 0 Å². The van der Waals surface area contributed by atoms with Crippen LogP contribution in [-0.2, 0) is 6.54 Å². The van der Waals surface area contributed by atoms with E-state index in [1.54, 1.807) is 13.3 Å². The van der Waals surface area contributed by atoms with Crippen molar-refractivity contribution in [1.82, 2.24) is 4.98 Å². The molecule has 0 aliphatic carbocycles. The summed E-state index contributed by atoms with van der Waals surface area (Å²) in [5.41, 5.74) is 3.24. The summed E-state index contributed by atoms with van der Waals surface area (Å²) in [5.74, 6) is 0.648. The number of hydrogen-bond acceptors (Lipinski definition) is 3. The highest BCUT2D eigenvalue weighted by atomic mass is 79.9. The third-order valence-corrected chi connectivity index (χ3v) is 3.94. The molecule has 1 aromatic carbocycles. The van der Waals surface area contributed by atoms with E-state index in [1.165, 1.54) is 5.56 Å². The molecular formula is C14H14Br2N2O. The second-order valence-corrected chi connectivity index (χ2v) is 5.84. The molecular weight excluding hydrogens is 372 g/mol. The standard InChI is InChI=1S/C14H14Br2N2O/c1-9-6-11(15)13(12(16)7-9)18-8-10-4-3-5-17-14(10)19-2/h3-7,18H,8H2,1-2H3. The van der Waals surface area contributed by atoms with Crippen molar-refractivity contribution in [2.75, 3.05) is 12.4 Å². The quantitative estimate of drug-likeness (QED) is 0.839. The normalized spacial score (nSPS) is 10.3. The highest BCUT2D eigenvalue weighted by Crippen LogP contribution is 2.33. The Bertz CT molecular complexity index is 564. The predicted molar refractivity (Wildman–Crippen MR) is 84.7 cm³/mol. The van der Waals surface area contributed by atoms with Crippen LogP contribution in [0, 0.1) is 6.92 Å². The van der Waals surface area contributed by atoms with E-state index < -0.39 is 0 Å². The summed E-state index contributed by atoms with van der Waals surface area (Å²) in [6.07, 6.45) is 1.72. The number of benzene rings is 1. The average Bonchev–Trinajstić information content (AvgIpc) is 2.38. The Morgan fingerprint density at radius 1 is 1.26 bits per heavy atom. The number of aromatic nitrogens is 1. The van der Waals surface area contributed by atoms with Crippen LogP contribution in [0.25, 0.3) is 0 Å². The van der Waals surface area contributed by atoms with Crippen molar-refractivity contribution < 1.29 is 4.74 Å². The molecule has 0 fully saturated rings. The number of rotatable bonds is 4. The first-order valence-electron chi connectivity index (χ1n) is 5.79. The van der Waals surface area contributed by atoms with Gasteiger partial charge in [-0.05, 0) is 62.5 Å². The fourth-order valence-corrected chi connectivity index (χ4v) is 3.49. The number of ether oxygens (including phenoxy) is 1. The van der Waals surface area contributed by atoms with Crippen molar-refractivity contribution >= 4 is 37.5 Å². The first kappa shape index (κ1) is 14.3. The lowest BCUT2D eigenvalue weighted by molar-refractivity contribution is 0.393. The van der Waals surface area contributed by atoms with E-state index in [-0.39, 0.29) is 0 Å². The molecule has 1 N–H and O–H groups in total. The second kappa shape index (κ2) is 6.39. The smallest absolute Gasteiger partial charge is 0.218 e. The molecule has 19 heavy (non-hydrogen) atoms. The van der Waals surface area contributed by atoms with Crippen LogP contribution in [-0.4, -0.2) is 12.1 Å². The van der Waals surface area contributed by atoms with Gasteiger partial charge in [0.1, 0.15) is 0 Å². The fraction of sp³-hybridized carbons (Fsp3) is 0.214. The van der Waals surface area contributed by atoms with Crippen molar-refractivity contribution in [2.45, 2.75) is 13.5 Å². The van der Waals surface area contributed by atoms with Gasteiger partial charge in [0.05, 0.1) is 12.8 Å². The number of anilines is 1. The molecule has 0 saturated heterocycles. The van der Waals surface area contributed by atoms with Gasteiger partial charge in [0.15, 0.2) is 0 Å². The lowest BCUT2D eigenvalue weighted by atomic mass is 10.2. The minimum absolute atomic E-state index is 0.648. The number of nitrogens with one attached hydrogen (secondary N) is 1. The third-order valence-electron chi connectivity index (χ3n) is 2.69. The number of pyridine rings is 1. The van der Waals surface area contributed by atoms with Gasteiger partial charge in [0.2, 0.25) is 5.88 Å². The van der Waals surface area contributed by atoms with Crippen molar-refractivity contribution in [3.8, 4) is 5.88 Å². The molecule has 0 atom stereocenters. The third kappa shape index (κ3) is 3.48. The number of hydrogen-bond donors (Lipinski definition) is 1. The number of methoxy groups -OCH3 is 1. The molecule has 2 aromatic rings. The fourth-order valence-electron chi connectivity index (χ4n) is 1.79. The van der Waals surface area contributed by atoms with Gasteiger partial charge in [-0.1, -0.05) is 6.07 Å². The van der Waals surface area contributed by atoms with E-state index in [1.807, 2.05) is 12.1 Å². The van der Waals surface area contributed by atoms with Crippen LogP contribution >= 0.6 is 31.9 Å². The minimum Gasteiger partial charge on any atom is -0.481 e. The summed E-state index contributed by atoms with van der Waals surface area (Å²) in [6, 6.07) is 8.05. The van der Waals surface area contributed by atoms with E-state index in [0.717, 1.165) is 20.2 Å². The number of aryl methyl sites for hydroxylation is 1. The number of halogens is 2. The predicted octanol–water partition coefficient (Wildman–Crippen LogP) is 4.54. The van der Waals surface area contributed by atoms with E-state index in [9.17, 15) is 0 Å². The first-order chi connectivity index (χ1) is 9.11. The monoisotopic (exact) mass is 384 g/mol. The van der Waals surface area contributed by atoms with Crippen LogP contribution in [0.3, 0.4) is 0 Å². The lowest BCUT2D eigenvalue weighted by Gasteiger charge is -2.13. The van der Waals surface area contributed by atoms with Gasteiger partial charge >= 0.3 is 0 Å². The van der Waals surface area contributed by atoms with E-state index in [4.69, 9.17) is 4.74 Å². The average molecular weight is 386 g/mol. The highest BCUT2D eigenvalue weighted by Gasteiger charge is 2.08. The molecule has 100 valence electrons. The van der Waals surface area contributed by atoms with E-state index in [0.29, 0.717) is 12.4 Å². The summed E-state index contributed by atoms with van der Waals surface area (Å²) >= 11 is 7.14. The summed E-state index contributed by atoms with van der Waals surface area (Å²) in [7, 11) is 1.63. The first-order valence-corrected chi connectivity index (χ1v) is 7.38. The van der Waals surface area contributed by atoms with Gasteiger partial charge in [0.25, 0.3) is 0 Å². The van der Waals surface area contributed by atoms with Crippen LogP contribution in [0.4, 0.5) is 5.69 Å². The van der Waals surface area contributed by atoms with Crippen LogP contribution in [0.15, 0.2) is 39.4 Å². The zero-order valence-corrected chi connectivity index (χ0v) is 13.9. The zero-order valence-electron chi connectivity index (χ0n) is 10.7. The summed E-state index contributed by atoms with van der Waals surface area (Å²) < 4.78 is 7.30. The molecule has 0 amide bonds. The SMILES string of the molecule is COc1ncccc1CNc1c(Br)cc(C)cc1Br. The molecule has 5 heteroatoms. The Balaban J connectivity index is 2.19. The van der Waals surface area contributed by atoms with Crippen molar-refractivity contribution in [3.05, 3.63) is 50.5 Å². The van der Waals surface area contributed by atoms with E-state index in [2.05, 4.69) is 61.2 Å². The molecule has 3 nitrogen and oxygen atoms in total. The highest BCUT2D eigenvalue weighted by molar-refractivity contribution is 9.11. The van der Waals surface area contributed by atoms with Crippen molar-refractivity contribution in [2.24, 2.45) is 0 Å². The summed E-state index contributed by atoms with van der Waals surface area (Å²) in [5, 5.41) is 3.39. The molecule has 0 unspecified atom stereocenters. The molecule has 0 aliphatic heterocycles. The summed E-state index contributed by atoms with van der Waals surface area (Å²) in [6.45, 7) is 2.71. The molecule has 2 rings (SSSR count). The van der Waals surface area contributed by atoms with Crippen LogP contribution in [0.2, 0.25) is 0 Å². The molecule has 0 spiro atoms. The maximum atomic E-state index is 5.24. The molecule has 1 heterocycles. The molecule has 0 radical (unpaired) electrons. The zero-order chi connectivity index (χ0) is 13.8. The Morgan fingerprint density at radius 3 is 2.58 bits per heavy atom. The maximum Gasteiger partial charge on any atom is 0.218 e. The molecule has 0 bridgehead atoms. The lowest BCUT2D eigenvalue weighted by Crippen LogP contribution is -2.04. The van der Waals surface area contributed by atoms with Gasteiger partial charge in [-0.3, -0.25) is 0 Å². The largest absolute Gasteiger partial charge is 0.481 e.